The molecule has 0 atom stereocenters. The van der Waals surface area contributed by atoms with Crippen molar-refractivity contribution in [1.82, 2.24) is 9.97 Å². The molecule has 86 valence electrons. The summed E-state index contributed by atoms with van der Waals surface area (Å²) < 4.78 is 0. The Balaban J connectivity index is 1.91. The van der Waals surface area contributed by atoms with Crippen LogP contribution in [0.5, 0.6) is 0 Å². The fourth-order valence-electron chi connectivity index (χ4n) is 2.03. The third kappa shape index (κ3) is 2.21. The van der Waals surface area contributed by atoms with Crippen LogP contribution in [-0.4, -0.2) is 9.97 Å². The molecule has 0 radical (unpaired) electrons. The van der Waals surface area contributed by atoms with Crippen molar-refractivity contribution >= 4 is 0 Å². The zero-order valence-electron chi connectivity index (χ0n) is 10.1. The van der Waals surface area contributed by atoms with Gasteiger partial charge in [0.1, 0.15) is 0 Å². The predicted octanol–water partition coefficient (Wildman–Crippen LogP) is 3.58. The molecule has 0 aliphatic heterocycles. The van der Waals surface area contributed by atoms with Gasteiger partial charge in [-0.3, -0.25) is 9.97 Å². The number of aryl methyl sites for hydroxylation is 1. The first-order chi connectivity index (χ1) is 8.36. The molecule has 17 heavy (non-hydrogen) atoms. The Kier molecular flexibility index (Phi) is 2.63. The van der Waals surface area contributed by atoms with E-state index in [1.165, 1.54) is 24.0 Å². The number of hydrogen-bond acceptors (Lipinski definition) is 2. The average Bonchev–Trinajstić information content (AvgIpc) is 3.23. The third-order valence-electron chi connectivity index (χ3n) is 3.30. The van der Waals surface area contributed by atoms with Crippen molar-refractivity contribution < 1.29 is 0 Å². The lowest BCUT2D eigenvalue weighted by Gasteiger charge is -2.04. The lowest BCUT2D eigenvalue weighted by Crippen LogP contribution is -1.91. The molecule has 1 aromatic heterocycles. The first kappa shape index (κ1) is 10.5. The van der Waals surface area contributed by atoms with E-state index in [0.29, 0.717) is 5.92 Å². The van der Waals surface area contributed by atoms with Crippen LogP contribution in [0, 0.1) is 0 Å². The molecular formula is C15H16N2. The highest BCUT2D eigenvalue weighted by Crippen LogP contribution is 2.38. The molecule has 0 unspecified atom stereocenters. The van der Waals surface area contributed by atoms with Gasteiger partial charge in [0.15, 0.2) is 0 Å². The van der Waals surface area contributed by atoms with Crippen molar-refractivity contribution in [2.24, 2.45) is 0 Å². The summed E-state index contributed by atoms with van der Waals surface area (Å²) >= 11 is 0. The van der Waals surface area contributed by atoms with Crippen molar-refractivity contribution in [1.29, 1.82) is 0 Å². The SMILES string of the molecule is CCc1cccc(-c2cnc(C3CC3)cn2)c1. The van der Waals surface area contributed by atoms with Gasteiger partial charge in [-0.25, -0.2) is 0 Å². The highest BCUT2D eigenvalue weighted by Gasteiger charge is 2.25. The van der Waals surface area contributed by atoms with E-state index in [9.17, 15) is 0 Å². The van der Waals surface area contributed by atoms with E-state index in [1.807, 2.05) is 12.4 Å². The predicted molar refractivity (Wildman–Crippen MR) is 68.8 cm³/mol. The van der Waals surface area contributed by atoms with Crippen LogP contribution in [0.1, 0.15) is 36.9 Å². The maximum absolute atomic E-state index is 4.52. The van der Waals surface area contributed by atoms with E-state index in [-0.39, 0.29) is 0 Å². The molecule has 2 heteroatoms. The summed E-state index contributed by atoms with van der Waals surface area (Å²) in [5, 5.41) is 0. The van der Waals surface area contributed by atoms with E-state index in [2.05, 4.69) is 41.2 Å². The molecule has 1 aliphatic carbocycles. The summed E-state index contributed by atoms with van der Waals surface area (Å²) in [6.45, 7) is 2.17. The molecule has 0 N–H and O–H groups in total. The van der Waals surface area contributed by atoms with Crippen LogP contribution in [0.3, 0.4) is 0 Å². The second kappa shape index (κ2) is 4.28. The van der Waals surface area contributed by atoms with Crippen LogP contribution in [-0.2, 0) is 6.42 Å². The van der Waals surface area contributed by atoms with Crippen molar-refractivity contribution in [2.75, 3.05) is 0 Å². The van der Waals surface area contributed by atoms with Gasteiger partial charge in [-0.2, -0.15) is 0 Å². The molecule has 0 amide bonds. The normalized spacial score (nSPS) is 14.9. The Morgan fingerprint density at radius 2 is 2.06 bits per heavy atom. The van der Waals surface area contributed by atoms with Gasteiger partial charge in [0.2, 0.25) is 0 Å². The van der Waals surface area contributed by atoms with Gasteiger partial charge in [-0.05, 0) is 30.9 Å². The number of rotatable bonds is 3. The van der Waals surface area contributed by atoms with E-state index in [4.69, 9.17) is 0 Å². The summed E-state index contributed by atoms with van der Waals surface area (Å²) in [4.78, 5) is 9.03. The molecule has 1 aliphatic rings. The summed E-state index contributed by atoms with van der Waals surface area (Å²) in [5.74, 6) is 0.679. The molecule has 1 fully saturated rings. The number of nitrogens with zero attached hydrogens (tertiary/aromatic N) is 2. The fraction of sp³-hybridized carbons (Fsp3) is 0.333. The maximum atomic E-state index is 4.52. The molecule has 0 saturated heterocycles. The van der Waals surface area contributed by atoms with Gasteiger partial charge in [0.05, 0.1) is 17.6 Å². The van der Waals surface area contributed by atoms with Crippen LogP contribution in [0.2, 0.25) is 0 Å². The van der Waals surface area contributed by atoms with Crippen molar-refractivity contribution in [3.63, 3.8) is 0 Å². The molecule has 0 spiro atoms. The minimum Gasteiger partial charge on any atom is -0.257 e. The van der Waals surface area contributed by atoms with Crippen molar-refractivity contribution in [2.45, 2.75) is 32.1 Å². The Hall–Kier alpha value is -1.70. The Bertz CT molecular complexity index is 513. The average molecular weight is 224 g/mol. The Morgan fingerprint density at radius 1 is 1.18 bits per heavy atom. The minimum absolute atomic E-state index is 0.679. The molecule has 0 bridgehead atoms. The highest BCUT2D eigenvalue weighted by atomic mass is 14.8. The van der Waals surface area contributed by atoms with Gasteiger partial charge in [-0.1, -0.05) is 25.1 Å². The lowest BCUT2D eigenvalue weighted by atomic mass is 10.1. The summed E-state index contributed by atoms with van der Waals surface area (Å²) in [7, 11) is 0. The van der Waals surface area contributed by atoms with Gasteiger partial charge >= 0.3 is 0 Å². The largest absolute Gasteiger partial charge is 0.257 e. The monoisotopic (exact) mass is 224 g/mol. The van der Waals surface area contributed by atoms with Crippen LogP contribution in [0.15, 0.2) is 36.7 Å². The van der Waals surface area contributed by atoms with Gasteiger partial charge in [-0.15, -0.1) is 0 Å². The number of hydrogen-bond donors (Lipinski definition) is 0. The van der Waals surface area contributed by atoms with Gasteiger partial charge in [0, 0.05) is 17.7 Å². The summed E-state index contributed by atoms with van der Waals surface area (Å²) in [6.07, 6.45) is 7.45. The number of benzene rings is 1. The lowest BCUT2D eigenvalue weighted by molar-refractivity contribution is 0.990. The minimum atomic E-state index is 0.679. The summed E-state index contributed by atoms with van der Waals surface area (Å²) in [6, 6.07) is 8.53. The molecule has 2 aromatic rings. The topological polar surface area (TPSA) is 25.8 Å². The zero-order chi connectivity index (χ0) is 11.7. The Morgan fingerprint density at radius 3 is 2.71 bits per heavy atom. The fourth-order valence-corrected chi connectivity index (χ4v) is 2.03. The molecule has 1 heterocycles. The highest BCUT2D eigenvalue weighted by molar-refractivity contribution is 5.59. The van der Waals surface area contributed by atoms with E-state index in [1.54, 1.807) is 0 Å². The molecular weight excluding hydrogens is 208 g/mol. The smallest absolute Gasteiger partial charge is 0.0885 e. The molecule has 3 rings (SSSR count). The number of aromatic nitrogens is 2. The zero-order valence-corrected chi connectivity index (χ0v) is 10.1. The quantitative estimate of drug-likeness (QED) is 0.796. The summed E-state index contributed by atoms with van der Waals surface area (Å²) in [5.41, 5.74) is 4.64. The molecule has 1 saturated carbocycles. The Labute approximate surface area is 102 Å². The van der Waals surface area contributed by atoms with Crippen LogP contribution < -0.4 is 0 Å². The van der Waals surface area contributed by atoms with Gasteiger partial charge in [0.25, 0.3) is 0 Å². The van der Waals surface area contributed by atoms with Crippen LogP contribution in [0.25, 0.3) is 11.3 Å². The van der Waals surface area contributed by atoms with Crippen LogP contribution >= 0.6 is 0 Å². The third-order valence-corrected chi connectivity index (χ3v) is 3.30. The second-order valence-corrected chi connectivity index (χ2v) is 4.65. The van der Waals surface area contributed by atoms with Crippen molar-refractivity contribution in [3.8, 4) is 11.3 Å². The van der Waals surface area contributed by atoms with Gasteiger partial charge < -0.3 is 0 Å². The van der Waals surface area contributed by atoms with Crippen molar-refractivity contribution in [3.05, 3.63) is 47.9 Å². The van der Waals surface area contributed by atoms with E-state index < -0.39 is 0 Å². The molecule has 2 nitrogen and oxygen atoms in total. The first-order valence-corrected chi connectivity index (χ1v) is 6.28. The van der Waals surface area contributed by atoms with Crippen LogP contribution in [0.4, 0.5) is 0 Å². The standard InChI is InChI=1S/C15H16N2/c1-2-11-4-3-5-13(8-11)15-10-16-14(9-17-15)12-6-7-12/h3-5,8-10,12H,2,6-7H2,1H3. The first-order valence-electron chi connectivity index (χ1n) is 6.28. The van der Waals surface area contributed by atoms with E-state index >= 15 is 0 Å². The van der Waals surface area contributed by atoms with E-state index in [0.717, 1.165) is 17.8 Å². The second-order valence-electron chi connectivity index (χ2n) is 4.65. The molecule has 1 aromatic carbocycles. The maximum Gasteiger partial charge on any atom is 0.0885 e.